The molecule has 32 heavy (non-hydrogen) atoms. The summed E-state index contributed by atoms with van der Waals surface area (Å²) < 4.78 is 19.9. The Balaban J connectivity index is 1.53. The molecule has 4 nitrogen and oxygen atoms in total. The number of carbonyl (C=O) groups excluding carboxylic acids is 2. The Morgan fingerprint density at radius 2 is 1.78 bits per heavy atom. The Morgan fingerprint density at radius 1 is 1.03 bits per heavy atom. The molecule has 0 radical (unpaired) electrons. The molecule has 2 amide bonds. The molecule has 1 aliphatic rings. The first-order valence-electron chi connectivity index (χ1n) is 9.88. The van der Waals surface area contributed by atoms with Crippen LogP contribution in [0.2, 0.25) is 5.02 Å². The SMILES string of the molecule is Cc1ccc(CN2C(=O)S/C(=C\c3ccccc3OCc3c(F)cccc3Cl)C2=O)cc1. The quantitative estimate of drug-likeness (QED) is 0.383. The molecule has 0 bridgehead atoms. The third-order valence-corrected chi connectivity index (χ3v) is 6.24. The van der Waals surface area contributed by atoms with Crippen molar-refractivity contribution in [1.29, 1.82) is 0 Å². The van der Waals surface area contributed by atoms with E-state index in [1.54, 1.807) is 36.4 Å². The van der Waals surface area contributed by atoms with E-state index in [1.165, 1.54) is 17.0 Å². The van der Waals surface area contributed by atoms with Gasteiger partial charge in [0.15, 0.2) is 0 Å². The van der Waals surface area contributed by atoms with Crippen LogP contribution in [-0.4, -0.2) is 16.0 Å². The van der Waals surface area contributed by atoms with Gasteiger partial charge < -0.3 is 4.74 Å². The molecule has 0 unspecified atom stereocenters. The van der Waals surface area contributed by atoms with Gasteiger partial charge in [-0.15, -0.1) is 0 Å². The third-order valence-electron chi connectivity index (χ3n) is 4.97. The van der Waals surface area contributed by atoms with Crippen molar-refractivity contribution < 1.29 is 18.7 Å². The minimum atomic E-state index is -0.452. The van der Waals surface area contributed by atoms with E-state index in [4.69, 9.17) is 16.3 Å². The van der Waals surface area contributed by atoms with Crippen LogP contribution < -0.4 is 4.74 Å². The highest BCUT2D eigenvalue weighted by Gasteiger charge is 2.35. The lowest BCUT2D eigenvalue weighted by Crippen LogP contribution is -2.27. The molecule has 4 rings (SSSR count). The molecule has 1 fully saturated rings. The van der Waals surface area contributed by atoms with Crippen molar-refractivity contribution >= 4 is 40.6 Å². The van der Waals surface area contributed by atoms with Gasteiger partial charge in [-0.05, 0) is 48.5 Å². The number of rotatable bonds is 6. The zero-order chi connectivity index (χ0) is 22.7. The van der Waals surface area contributed by atoms with Crippen LogP contribution in [0.1, 0.15) is 22.3 Å². The lowest BCUT2D eigenvalue weighted by Gasteiger charge is -2.13. The number of amides is 2. The predicted molar refractivity (Wildman–Crippen MR) is 125 cm³/mol. The molecule has 1 heterocycles. The Kier molecular flexibility index (Phi) is 6.63. The van der Waals surface area contributed by atoms with Gasteiger partial charge in [-0.3, -0.25) is 14.5 Å². The van der Waals surface area contributed by atoms with E-state index < -0.39 is 5.82 Å². The molecule has 1 aliphatic heterocycles. The summed E-state index contributed by atoms with van der Waals surface area (Å²) >= 11 is 6.97. The van der Waals surface area contributed by atoms with Crippen LogP contribution in [0.5, 0.6) is 5.75 Å². The second kappa shape index (κ2) is 9.59. The van der Waals surface area contributed by atoms with Crippen molar-refractivity contribution in [3.8, 4) is 5.75 Å². The average Bonchev–Trinajstić information content (AvgIpc) is 3.03. The van der Waals surface area contributed by atoms with Gasteiger partial charge in [0.2, 0.25) is 0 Å². The van der Waals surface area contributed by atoms with Crippen LogP contribution in [0.3, 0.4) is 0 Å². The smallest absolute Gasteiger partial charge is 0.293 e. The number of hydrogen-bond acceptors (Lipinski definition) is 4. The predicted octanol–water partition coefficient (Wildman–Crippen LogP) is 6.60. The van der Waals surface area contributed by atoms with Crippen LogP contribution in [-0.2, 0) is 17.9 Å². The van der Waals surface area contributed by atoms with Gasteiger partial charge >= 0.3 is 0 Å². The van der Waals surface area contributed by atoms with E-state index in [0.29, 0.717) is 16.2 Å². The summed E-state index contributed by atoms with van der Waals surface area (Å²) in [5.41, 5.74) is 2.85. The molecule has 7 heteroatoms. The maximum absolute atomic E-state index is 14.1. The lowest BCUT2D eigenvalue weighted by molar-refractivity contribution is -0.123. The van der Waals surface area contributed by atoms with Crippen LogP contribution in [0, 0.1) is 12.7 Å². The molecule has 1 saturated heterocycles. The Labute approximate surface area is 194 Å². The zero-order valence-electron chi connectivity index (χ0n) is 17.2. The number of para-hydroxylation sites is 1. The number of ether oxygens (including phenoxy) is 1. The normalized spacial score (nSPS) is 15.0. The molecule has 0 saturated carbocycles. The third kappa shape index (κ3) is 4.87. The molecule has 0 atom stereocenters. The van der Waals surface area contributed by atoms with E-state index >= 15 is 0 Å². The molecule has 0 spiro atoms. The summed E-state index contributed by atoms with van der Waals surface area (Å²) in [6.07, 6.45) is 1.62. The van der Waals surface area contributed by atoms with Crippen molar-refractivity contribution in [2.45, 2.75) is 20.1 Å². The van der Waals surface area contributed by atoms with Gasteiger partial charge in [0, 0.05) is 11.1 Å². The number of carbonyl (C=O) groups is 2. The second-order valence-corrected chi connectivity index (χ2v) is 8.68. The highest BCUT2D eigenvalue weighted by atomic mass is 35.5. The van der Waals surface area contributed by atoms with E-state index in [9.17, 15) is 14.0 Å². The van der Waals surface area contributed by atoms with Crippen molar-refractivity contribution in [3.63, 3.8) is 0 Å². The Morgan fingerprint density at radius 3 is 2.53 bits per heavy atom. The first-order valence-corrected chi connectivity index (χ1v) is 11.1. The number of nitrogens with zero attached hydrogens (tertiary/aromatic N) is 1. The highest BCUT2D eigenvalue weighted by Crippen LogP contribution is 2.35. The molecule has 0 aromatic heterocycles. The first kappa shape index (κ1) is 22.1. The second-order valence-electron chi connectivity index (χ2n) is 7.28. The number of aryl methyl sites for hydroxylation is 1. The minimum Gasteiger partial charge on any atom is -0.488 e. The summed E-state index contributed by atoms with van der Waals surface area (Å²) in [5, 5.41) is -0.0435. The standard InChI is InChI=1S/C25H19ClFNO3S/c1-16-9-11-17(12-10-16)14-28-24(29)23(32-25(28)30)13-18-5-2-3-8-22(18)31-15-19-20(26)6-4-7-21(19)27/h2-13H,14-15H2,1H3/b23-13-. The van der Waals surface area contributed by atoms with Gasteiger partial charge in [0.25, 0.3) is 11.1 Å². The topological polar surface area (TPSA) is 46.6 Å². The fraction of sp³-hybridized carbons (Fsp3) is 0.120. The van der Waals surface area contributed by atoms with Crippen molar-refractivity contribution in [1.82, 2.24) is 4.90 Å². The van der Waals surface area contributed by atoms with Crippen molar-refractivity contribution in [3.05, 3.63) is 105 Å². The van der Waals surface area contributed by atoms with E-state index in [1.807, 2.05) is 31.2 Å². The van der Waals surface area contributed by atoms with Crippen LogP contribution in [0.4, 0.5) is 9.18 Å². The summed E-state index contributed by atoms with van der Waals surface area (Å²) in [6, 6.07) is 19.2. The number of benzene rings is 3. The lowest BCUT2D eigenvalue weighted by atomic mass is 10.1. The maximum atomic E-state index is 14.1. The van der Waals surface area contributed by atoms with Crippen LogP contribution in [0.15, 0.2) is 71.6 Å². The zero-order valence-corrected chi connectivity index (χ0v) is 18.8. The summed E-state index contributed by atoms with van der Waals surface area (Å²) in [5.74, 6) is -0.350. The fourth-order valence-corrected chi connectivity index (χ4v) is 4.25. The van der Waals surface area contributed by atoms with Crippen molar-refractivity contribution in [2.75, 3.05) is 0 Å². The monoisotopic (exact) mass is 467 g/mol. The van der Waals surface area contributed by atoms with Gasteiger partial charge in [0.1, 0.15) is 18.2 Å². The summed E-state index contributed by atoms with van der Waals surface area (Å²) in [7, 11) is 0. The number of halogens is 2. The van der Waals surface area contributed by atoms with Gasteiger partial charge in [-0.2, -0.15) is 0 Å². The molecule has 162 valence electrons. The van der Waals surface area contributed by atoms with Gasteiger partial charge in [-0.25, -0.2) is 4.39 Å². The number of thioether (sulfide) groups is 1. The average molecular weight is 468 g/mol. The van der Waals surface area contributed by atoms with Crippen molar-refractivity contribution in [2.24, 2.45) is 0 Å². The molecule has 0 N–H and O–H groups in total. The van der Waals surface area contributed by atoms with Gasteiger partial charge in [-0.1, -0.05) is 65.7 Å². The number of imide groups is 1. The largest absolute Gasteiger partial charge is 0.488 e. The minimum absolute atomic E-state index is 0.0642. The van der Waals surface area contributed by atoms with Crippen LogP contribution in [0.25, 0.3) is 6.08 Å². The molecule has 3 aromatic carbocycles. The summed E-state index contributed by atoms with van der Waals surface area (Å²) in [6.45, 7) is 2.13. The molecule has 0 aliphatic carbocycles. The van der Waals surface area contributed by atoms with E-state index in [2.05, 4.69) is 0 Å². The summed E-state index contributed by atoms with van der Waals surface area (Å²) in [4.78, 5) is 26.9. The van der Waals surface area contributed by atoms with Gasteiger partial charge in [0.05, 0.1) is 16.5 Å². The molecular formula is C25H19ClFNO3S. The van der Waals surface area contributed by atoms with E-state index in [0.717, 1.165) is 22.9 Å². The molecule has 3 aromatic rings. The maximum Gasteiger partial charge on any atom is 0.293 e. The fourth-order valence-electron chi connectivity index (χ4n) is 3.20. The van der Waals surface area contributed by atoms with Crippen LogP contribution >= 0.6 is 23.4 Å². The Bertz CT molecular complexity index is 1190. The van der Waals surface area contributed by atoms with E-state index in [-0.39, 0.29) is 34.9 Å². The number of hydrogen-bond donors (Lipinski definition) is 0. The first-order chi connectivity index (χ1) is 15.4. The molecular weight excluding hydrogens is 449 g/mol. The Hall–Kier alpha value is -3.09. The highest BCUT2D eigenvalue weighted by molar-refractivity contribution is 8.18.